The second-order valence-corrected chi connectivity index (χ2v) is 13.8. The zero-order chi connectivity index (χ0) is 26.1. The van der Waals surface area contributed by atoms with Gasteiger partial charge >= 0.3 is 0 Å². The summed E-state index contributed by atoms with van der Waals surface area (Å²) in [7, 11) is -3.54. The Labute approximate surface area is 214 Å². The molecule has 0 spiro atoms. The molecule has 0 radical (unpaired) electrons. The topological polar surface area (TPSA) is 63.7 Å². The Morgan fingerprint density at radius 1 is 0.833 bits per heavy atom. The summed E-state index contributed by atoms with van der Waals surface area (Å²) in [4.78, 5) is 28.7. The average Bonchev–Trinajstić information content (AvgIpc) is 3.09. The molecule has 4 aliphatic rings. The molecule has 1 aliphatic carbocycles. The average molecular weight is 506 g/mol. The molecular weight excluding hydrogens is 469 g/mol. The highest BCUT2D eigenvalue weighted by Gasteiger charge is 2.66. The Morgan fingerprint density at radius 2 is 1.39 bits per heavy atom. The van der Waals surface area contributed by atoms with Crippen LogP contribution in [-0.2, 0) is 18.7 Å². The van der Waals surface area contributed by atoms with Gasteiger partial charge in [-0.3, -0.25) is 14.2 Å². The van der Waals surface area contributed by atoms with E-state index in [4.69, 9.17) is 4.52 Å². The largest absolute Gasteiger partial charge is 0.316 e. The number of para-hydroxylation sites is 1. The molecule has 3 heterocycles. The first-order chi connectivity index (χ1) is 17.0. The molecule has 2 amide bonds. The molecule has 36 heavy (non-hydrogen) atoms. The van der Waals surface area contributed by atoms with Gasteiger partial charge in [0, 0.05) is 5.30 Å². The summed E-state index contributed by atoms with van der Waals surface area (Å²) in [5.41, 5.74) is 4.08. The molecule has 0 saturated carbocycles. The molecule has 5 atom stereocenters. The molecule has 2 fully saturated rings. The first-order valence-electron chi connectivity index (χ1n) is 13.0. The van der Waals surface area contributed by atoms with Gasteiger partial charge in [0.25, 0.3) is 0 Å². The monoisotopic (exact) mass is 505 g/mol. The number of amides is 2. The summed E-state index contributed by atoms with van der Waals surface area (Å²) >= 11 is 0. The van der Waals surface area contributed by atoms with Crippen molar-refractivity contribution >= 4 is 30.2 Å². The Bertz CT molecular complexity index is 1280. The lowest BCUT2D eigenvalue weighted by Crippen LogP contribution is -2.50. The van der Waals surface area contributed by atoms with Crippen LogP contribution < -0.4 is 10.2 Å². The van der Waals surface area contributed by atoms with E-state index in [9.17, 15) is 9.59 Å². The number of carbonyl (C=O) groups excluding carboxylic acids is 2. The first kappa shape index (κ1) is 25.2. The summed E-state index contributed by atoms with van der Waals surface area (Å²) in [6, 6.07) is 13.4. The third-order valence-corrected chi connectivity index (χ3v) is 11.2. The van der Waals surface area contributed by atoms with Crippen LogP contribution in [0.5, 0.6) is 0 Å². The number of hydrogen-bond donors (Lipinski definition) is 0. The number of anilines is 1. The van der Waals surface area contributed by atoms with Crippen LogP contribution in [-0.4, -0.2) is 23.6 Å². The van der Waals surface area contributed by atoms with Gasteiger partial charge in [0.1, 0.15) is 0 Å². The van der Waals surface area contributed by atoms with Gasteiger partial charge in [-0.2, -0.15) is 0 Å². The molecular formula is C30H36NO4P. The third-order valence-electron chi connectivity index (χ3n) is 8.06. The molecule has 6 rings (SSSR count). The third kappa shape index (κ3) is 3.58. The van der Waals surface area contributed by atoms with Crippen molar-refractivity contribution in [1.29, 1.82) is 0 Å². The number of hydrogen-bond acceptors (Lipinski definition) is 4. The summed E-state index contributed by atoms with van der Waals surface area (Å²) in [5.74, 6) is -1.26. The Balaban J connectivity index is 1.71. The maximum atomic E-state index is 15.3. The van der Waals surface area contributed by atoms with Gasteiger partial charge in [-0.05, 0) is 53.5 Å². The fraction of sp³-hybridized carbons (Fsp3) is 0.467. The first-order valence-corrected chi connectivity index (χ1v) is 14.7. The summed E-state index contributed by atoms with van der Waals surface area (Å²) in [6.07, 6.45) is 1.25. The van der Waals surface area contributed by atoms with Crippen LogP contribution in [0, 0.1) is 11.8 Å². The van der Waals surface area contributed by atoms with Crippen molar-refractivity contribution in [2.75, 3.05) is 4.90 Å². The van der Waals surface area contributed by atoms with Crippen molar-refractivity contribution in [1.82, 2.24) is 0 Å². The summed E-state index contributed by atoms with van der Waals surface area (Å²) in [6.45, 7) is 14.8. The van der Waals surface area contributed by atoms with E-state index in [1.54, 1.807) is 12.1 Å². The normalized spacial score (nSPS) is 29.5. The van der Waals surface area contributed by atoms with Gasteiger partial charge in [0.05, 0.1) is 29.3 Å². The van der Waals surface area contributed by atoms with E-state index >= 15 is 4.57 Å². The molecule has 5 unspecified atom stereocenters. The number of nitrogens with zero attached hydrogens (tertiary/aromatic N) is 1. The Kier molecular flexibility index (Phi) is 6.16. The van der Waals surface area contributed by atoms with Crippen LogP contribution in [0.4, 0.5) is 5.69 Å². The molecule has 6 heteroatoms. The van der Waals surface area contributed by atoms with Crippen LogP contribution in [0.1, 0.15) is 82.9 Å². The van der Waals surface area contributed by atoms with Crippen molar-refractivity contribution in [2.45, 2.75) is 78.0 Å². The fourth-order valence-electron chi connectivity index (χ4n) is 6.26. The molecule has 2 saturated heterocycles. The molecule has 5 nitrogen and oxygen atoms in total. The van der Waals surface area contributed by atoms with E-state index in [0.29, 0.717) is 11.6 Å². The maximum absolute atomic E-state index is 15.3. The number of fused-ring (bicyclic) bond motifs is 1. The number of benzene rings is 2. The second-order valence-electron chi connectivity index (χ2n) is 11.4. The zero-order valence-corrected chi connectivity index (χ0v) is 23.1. The smallest absolute Gasteiger partial charge is 0.241 e. The highest BCUT2D eigenvalue weighted by atomic mass is 31.2. The van der Waals surface area contributed by atoms with Gasteiger partial charge in [-0.1, -0.05) is 83.5 Å². The van der Waals surface area contributed by atoms with Crippen molar-refractivity contribution in [2.24, 2.45) is 11.8 Å². The van der Waals surface area contributed by atoms with Crippen LogP contribution >= 0.6 is 7.37 Å². The van der Waals surface area contributed by atoms with Crippen molar-refractivity contribution in [3.05, 3.63) is 70.8 Å². The van der Waals surface area contributed by atoms with Crippen molar-refractivity contribution in [3.63, 3.8) is 0 Å². The van der Waals surface area contributed by atoms with Crippen molar-refractivity contribution in [3.8, 4) is 0 Å². The number of carbonyl (C=O) groups is 2. The van der Waals surface area contributed by atoms with Crippen LogP contribution in [0.2, 0.25) is 0 Å². The fourth-order valence-corrected chi connectivity index (χ4v) is 10.0. The summed E-state index contributed by atoms with van der Waals surface area (Å²) in [5, 5.41) is 0.774. The van der Waals surface area contributed by atoms with E-state index in [-0.39, 0.29) is 23.7 Å². The van der Waals surface area contributed by atoms with E-state index in [2.05, 4.69) is 53.7 Å². The minimum atomic E-state index is -3.54. The van der Waals surface area contributed by atoms with E-state index < -0.39 is 31.0 Å². The lowest BCUT2D eigenvalue weighted by atomic mass is 9.79. The molecule has 2 bridgehead atoms. The predicted molar refractivity (Wildman–Crippen MR) is 144 cm³/mol. The van der Waals surface area contributed by atoms with E-state index in [1.807, 2.05) is 31.2 Å². The quantitative estimate of drug-likeness (QED) is 0.265. The van der Waals surface area contributed by atoms with Gasteiger partial charge in [-0.15, -0.1) is 0 Å². The molecule has 0 aromatic heterocycles. The summed E-state index contributed by atoms with van der Waals surface area (Å²) < 4.78 is 21.8. The van der Waals surface area contributed by atoms with E-state index in [1.165, 1.54) is 10.5 Å². The lowest BCUT2D eigenvalue weighted by Gasteiger charge is -2.47. The number of allylic oxidation sites excluding steroid dienone is 1. The standard InChI is InChI=1S/C30H36NO4P/c1-16(2)20-14-22(17(3)4)28(23(15-20)18(5)6)36(34)27-19(7)13-24(35-36)25-26(27)30(33)31(29(25)32)21-11-9-8-10-12-21/h8-18,24-27H,1-7H3. The highest BCUT2D eigenvalue weighted by molar-refractivity contribution is 7.68. The number of rotatable bonds is 5. The van der Waals surface area contributed by atoms with Gasteiger partial charge < -0.3 is 4.52 Å². The lowest BCUT2D eigenvalue weighted by molar-refractivity contribution is -0.123. The Morgan fingerprint density at radius 3 is 1.92 bits per heavy atom. The van der Waals surface area contributed by atoms with Gasteiger partial charge in [0.15, 0.2) is 0 Å². The van der Waals surface area contributed by atoms with Crippen molar-refractivity contribution < 1.29 is 18.7 Å². The van der Waals surface area contributed by atoms with Gasteiger partial charge in [-0.25, -0.2) is 4.90 Å². The second kappa shape index (κ2) is 8.82. The van der Waals surface area contributed by atoms with Crippen LogP contribution in [0.3, 0.4) is 0 Å². The molecule has 2 aromatic carbocycles. The predicted octanol–water partition coefficient (Wildman–Crippen LogP) is 6.49. The minimum absolute atomic E-state index is 0.132. The minimum Gasteiger partial charge on any atom is -0.316 e. The molecule has 0 N–H and O–H groups in total. The van der Waals surface area contributed by atoms with Crippen LogP contribution in [0.25, 0.3) is 0 Å². The maximum Gasteiger partial charge on any atom is 0.241 e. The SMILES string of the molecule is CC1=CC2OP(=O)(c3c(C(C)C)cc(C(C)C)cc3C(C)C)C1C1C(=O)N(c3ccccc3)C(=O)C21. The zero-order valence-electron chi connectivity index (χ0n) is 22.2. The van der Waals surface area contributed by atoms with Crippen LogP contribution in [0.15, 0.2) is 54.1 Å². The highest BCUT2D eigenvalue weighted by Crippen LogP contribution is 2.68. The van der Waals surface area contributed by atoms with E-state index in [0.717, 1.165) is 22.0 Å². The molecule has 190 valence electrons. The molecule has 3 aliphatic heterocycles. The number of imide groups is 1. The Hall–Kier alpha value is -2.49. The molecule has 2 aromatic rings. The van der Waals surface area contributed by atoms with Gasteiger partial charge in [0.2, 0.25) is 19.2 Å².